The summed E-state index contributed by atoms with van der Waals surface area (Å²) in [6.07, 6.45) is 2.17. The first kappa shape index (κ1) is 15.4. The summed E-state index contributed by atoms with van der Waals surface area (Å²) in [4.78, 5) is 0. The monoisotopic (exact) mass is 327 g/mol. The van der Waals surface area contributed by atoms with Crippen LogP contribution in [0, 0.1) is 32.1 Å². The van der Waals surface area contributed by atoms with Crippen LogP contribution in [0.5, 0.6) is 0 Å². The Morgan fingerprint density at radius 2 is 1.64 bits per heavy atom. The standard InChI is InChI=1S/C22H19N2O/c1-13-7-20(24(4)12-15(13)3)18-10-19-17-6-5-16(11-23)9-22(17)25-21(19)8-14(18)2/h5-10,12H,1-4H3/q+1. The SMILES string of the molecule is Cc1cc(-c2cc3c(cc2C)oc2cc(C#N)ccc23)[n+](C)cc1C. The molecule has 0 unspecified atom stereocenters. The van der Waals surface area contributed by atoms with Crippen LogP contribution in [-0.4, -0.2) is 0 Å². The van der Waals surface area contributed by atoms with Gasteiger partial charge < -0.3 is 4.42 Å². The Balaban J connectivity index is 2.03. The molecule has 0 atom stereocenters. The van der Waals surface area contributed by atoms with Crippen LogP contribution in [0.3, 0.4) is 0 Å². The maximum Gasteiger partial charge on any atom is 0.212 e. The first-order chi connectivity index (χ1) is 12.0. The van der Waals surface area contributed by atoms with Gasteiger partial charge in [0.2, 0.25) is 5.69 Å². The fourth-order valence-corrected chi connectivity index (χ4v) is 3.42. The summed E-state index contributed by atoms with van der Waals surface area (Å²) in [5, 5.41) is 11.2. The van der Waals surface area contributed by atoms with Crippen LogP contribution in [0.4, 0.5) is 0 Å². The quantitative estimate of drug-likeness (QED) is 0.468. The first-order valence-electron chi connectivity index (χ1n) is 8.32. The average Bonchev–Trinajstić information content (AvgIpc) is 2.93. The van der Waals surface area contributed by atoms with Gasteiger partial charge in [-0.3, -0.25) is 0 Å². The molecular weight excluding hydrogens is 308 g/mol. The molecule has 0 spiro atoms. The van der Waals surface area contributed by atoms with Gasteiger partial charge in [-0.05, 0) is 62.2 Å². The molecule has 2 aromatic carbocycles. The second-order valence-electron chi connectivity index (χ2n) is 6.72. The molecule has 3 heteroatoms. The Kier molecular flexibility index (Phi) is 3.36. The van der Waals surface area contributed by atoms with Crippen LogP contribution in [0.1, 0.15) is 22.3 Å². The summed E-state index contributed by atoms with van der Waals surface area (Å²) >= 11 is 0. The van der Waals surface area contributed by atoms with Crippen molar-refractivity contribution < 1.29 is 8.98 Å². The molecule has 2 aromatic heterocycles. The number of rotatable bonds is 1. The van der Waals surface area contributed by atoms with E-state index in [0.29, 0.717) is 5.56 Å². The zero-order valence-electron chi connectivity index (χ0n) is 14.8. The third-order valence-corrected chi connectivity index (χ3v) is 4.97. The number of nitriles is 1. The number of fused-ring (bicyclic) bond motifs is 3. The lowest BCUT2D eigenvalue weighted by atomic mass is 9.99. The van der Waals surface area contributed by atoms with Gasteiger partial charge in [-0.15, -0.1) is 0 Å². The van der Waals surface area contributed by atoms with E-state index >= 15 is 0 Å². The Hall–Kier alpha value is -3.12. The second-order valence-corrected chi connectivity index (χ2v) is 6.72. The lowest BCUT2D eigenvalue weighted by Crippen LogP contribution is -2.31. The fourth-order valence-electron chi connectivity index (χ4n) is 3.42. The van der Waals surface area contributed by atoms with Crippen molar-refractivity contribution in [3.63, 3.8) is 0 Å². The summed E-state index contributed by atoms with van der Waals surface area (Å²) in [6.45, 7) is 6.38. The van der Waals surface area contributed by atoms with E-state index < -0.39 is 0 Å². The third kappa shape index (κ3) is 2.38. The van der Waals surface area contributed by atoms with Gasteiger partial charge in [-0.25, -0.2) is 4.57 Å². The van der Waals surface area contributed by atoms with Gasteiger partial charge in [0.05, 0.1) is 11.6 Å². The number of nitrogens with zero attached hydrogens (tertiary/aromatic N) is 2. The Bertz CT molecular complexity index is 1190. The van der Waals surface area contributed by atoms with E-state index in [9.17, 15) is 0 Å². The fraction of sp³-hybridized carbons (Fsp3) is 0.182. The maximum absolute atomic E-state index is 9.09. The molecule has 0 fully saturated rings. The number of hydrogen-bond donors (Lipinski definition) is 0. The topological polar surface area (TPSA) is 40.8 Å². The molecular formula is C22H19N2O+. The van der Waals surface area contributed by atoms with Gasteiger partial charge in [-0.2, -0.15) is 5.26 Å². The van der Waals surface area contributed by atoms with E-state index in [0.717, 1.165) is 21.9 Å². The Morgan fingerprint density at radius 1 is 0.880 bits per heavy atom. The van der Waals surface area contributed by atoms with Crippen molar-refractivity contribution >= 4 is 21.9 Å². The number of furan rings is 1. The number of aromatic nitrogens is 1. The number of hydrogen-bond acceptors (Lipinski definition) is 2. The summed E-state index contributed by atoms with van der Waals surface area (Å²) in [5.74, 6) is 0. The molecule has 0 N–H and O–H groups in total. The van der Waals surface area contributed by atoms with Crippen molar-refractivity contribution in [2.24, 2.45) is 7.05 Å². The Morgan fingerprint density at radius 3 is 2.40 bits per heavy atom. The highest BCUT2D eigenvalue weighted by Crippen LogP contribution is 2.34. The molecule has 0 amide bonds. The maximum atomic E-state index is 9.09. The molecule has 0 saturated carbocycles. The largest absolute Gasteiger partial charge is 0.456 e. The molecule has 4 rings (SSSR count). The van der Waals surface area contributed by atoms with E-state index in [2.05, 4.69) is 62.9 Å². The molecule has 0 radical (unpaired) electrons. The van der Waals surface area contributed by atoms with Crippen molar-refractivity contribution in [1.82, 2.24) is 0 Å². The van der Waals surface area contributed by atoms with Crippen molar-refractivity contribution in [2.75, 3.05) is 0 Å². The zero-order chi connectivity index (χ0) is 17.7. The molecule has 122 valence electrons. The van der Waals surface area contributed by atoms with E-state index in [4.69, 9.17) is 9.68 Å². The highest BCUT2D eigenvalue weighted by atomic mass is 16.3. The van der Waals surface area contributed by atoms with Gasteiger partial charge in [0.25, 0.3) is 0 Å². The van der Waals surface area contributed by atoms with Gasteiger partial charge in [0.15, 0.2) is 6.20 Å². The molecule has 0 aliphatic rings. The molecule has 25 heavy (non-hydrogen) atoms. The summed E-state index contributed by atoms with van der Waals surface area (Å²) < 4.78 is 8.15. The minimum Gasteiger partial charge on any atom is -0.456 e. The van der Waals surface area contributed by atoms with Gasteiger partial charge in [0, 0.05) is 28.0 Å². The Labute approximate surface area is 146 Å². The highest BCUT2D eigenvalue weighted by molar-refractivity contribution is 6.06. The van der Waals surface area contributed by atoms with Gasteiger partial charge >= 0.3 is 0 Å². The van der Waals surface area contributed by atoms with Crippen LogP contribution >= 0.6 is 0 Å². The van der Waals surface area contributed by atoms with E-state index in [-0.39, 0.29) is 0 Å². The smallest absolute Gasteiger partial charge is 0.212 e. The van der Waals surface area contributed by atoms with Crippen molar-refractivity contribution in [3.8, 4) is 17.3 Å². The number of aryl methyl sites for hydroxylation is 4. The van der Waals surface area contributed by atoms with Gasteiger partial charge in [0.1, 0.15) is 18.2 Å². The summed E-state index contributed by atoms with van der Waals surface area (Å²) in [6, 6.07) is 14.3. The molecule has 0 aliphatic heterocycles. The highest BCUT2D eigenvalue weighted by Gasteiger charge is 2.17. The van der Waals surface area contributed by atoms with Crippen LogP contribution in [-0.2, 0) is 7.05 Å². The minimum absolute atomic E-state index is 0.615. The molecule has 2 heterocycles. The van der Waals surface area contributed by atoms with Crippen LogP contribution in [0.25, 0.3) is 33.2 Å². The summed E-state index contributed by atoms with van der Waals surface area (Å²) in [7, 11) is 2.08. The lowest BCUT2D eigenvalue weighted by molar-refractivity contribution is -0.660. The van der Waals surface area contributed by atoms with Gasteiger partial charge in [-0.1, -0.05) is 0 Å². The van der Waals surface area contributed by atoms with Crippen LogP contribution in [0.2, 0.25) is 0 Å². The van der Waals surface area contributed by atoms with Crippen molar-refractivity contribution in [1.29, 1.82) is 5.26 Å². The second kappa shape index (κ2) is 5.46. The van der Waals surface area contributed by atoms with E-state index in [1.54, 1.807) is 6.07 Å². The van der Waals surface area contributed by atoms with Crippen molar-refractivity contribution in [2.45, 2.75) is 20.8 Å². The normalized spacial score (nSPS) is 11.2. The molecule has 0 bridgehead atoms. The minimum atomic E-state index is 0.615. The predicted octanol–water partition coefficient (Wildman–Crippen LogP) is 4.87. The van der Waals surface area contributed by atoms with Crippen LogP contribution < -0.4 is 4.57 Å². The van der Waals surface area contributed by atoms with E-state index in [1.165, 1.54) is 27.9 Å². The molecule has 3 nitrogen and oxygen atoms in total. The summed E-state index contributed by atoms with van der Waals surface area (Å²) in [5.41, 5.74) is 8.35. The zero-order valence-corrected chi connectivity index (χ0v) is 14.8. The average molecular weight is 327 g/mol. The number of benzene rings is 2. The molecule has 0 aliphatic carbocycles. The lowest BCUT2D eigenvalue weighted by Gasteiger charge is -2.07. The first-order valence-corrected chi connectivity index (χ1v) is 8.32. The number of pyridine rings is 1. The van der Waals surface area contributed by atoms with Crippen molar-refractivity contribution in [3.05, 3.63) is 64.8 Å². The van der Waals surface area contributed by atoms with Crippen LogP contribution in [0.15, 0.2) is 47.0 Å². The third-order valence-electron chi connectivity index (χ3n) is 4.97. The molecule has 4 aromatic rings. The molecule has 0 saturated heterocycles. The van der Waals surface area contributed by atoms with E-state index in [1.807, 2.05) is 12.1 Å². The predicted molar refractivity (Wildman–Crippen MR) is 99.3 cm³/mol.